The predicted octanol–water partition coefficient (Wildman–Crippen LogP) is 1.32. The topological polar surface area (TPSA) is 38.7 Å². The standard InChI is InChI=1S/C6H4N3S.Cu/c1-2-5(7-3-1)6-4-10-9-8-6;/h1-4H;/q-1;+1. The van der Waals surface area contributed by atoms with E-state index >= 15 is 0 Å². The van der Waals surface area contributed by atoms with E-state index in [0.29, 0.717) is 0 Å². The van der Waals surface area contributed by atoms with Crippen molar-refractivity contribution < 1.29 is 17.1 Å². The minimum atomic E-state index is 0. The van der Waals surface area contributed by atoms with Gasteiger partial charge in [-0.2, -0.15) is 11.2 Å². The van der Waals surface area contributed by atoms with Gasteiger partial charge in [-0.1, -0.05) is 17.7 Å². The molecule has 0 unspecified atom stereocenters. The largest absolute Gasteiger partial charge is 1.00 e. The van der Waals surface area contributed by atoms with Gasteiger partial charge in [0.05, 0.1) is 0 Å². The molecule has 0 saturated carbocycles. The van der Waals surface area contributed by atoms with Gasteiger partial charge in [-0.05, 0) is 11.1 Å². The molecule has 3 nitrogen and oxygen atoms in total. The van der Waals surface area contributed by atoms with Crippen molar-refractivity contribution in [3.63, 3.8) is 0 Å². The Morgan fingerprint density at radius 1 is 1.45 bits per heavy atom. The predicted molar refractivity (Wildman–Crippen MR) is 38.7 cm³/mol. The molecule has 60 valence electrons. The van der Waals surface area contributed by atoms with Gasteiger partial charge in [0, 0.05) is 5.69 Å². The fourth-order valence-electron chi connectivity index (χ4n) is 0.728. The Bertz CT molecular complexity index is 257. The number of nitrogens with zero attached hydrogens (tertiary/aromatic N) is 3. The Labute approximate surface area is 78.5 Å². The molecule has 11 heavy (non-hydrogen) atoms. The number of rotatable bonds is 1. The zero-order chi connectivity index (χ0) is 6.81. The molecule has 0 spiro atoms. The maximum absolute atomic E-state index is 4.06. The van der Waals surface area contributed by atoms with E-state index in [1.807, 2.05) is 17.5 Å². The maximum Gasteiger partial charge on any atom is 1.00 e. The van der Waals surface area contributed by atoms with Crippen molar-refractivity contribution in [2.45, 2.75) is 0 Å². The van der Waals surface area contributed by atoms with Crippen LogP contribution in [0.3, 0.4) is 0 Å². The average molecular weight is 214 g/mol. The first-order chi connectivity index (χ1) is 4.97. The molecule has 2 aromatic rings. The van der Waals surface area contributed by atoms with Gasteiger partial charge in [0.25, 0.3) is 0 Å². The summed E-state index contributed by atoms with van der Waals surface area (Å²) in [5.74, 6) is 0. The molecule has 0 atom stereocenters. The van der Waals surface area contributed by atoms with Gasteiger partial charge in [-0.15, -0.1) is 10.6 Å². The van der Waals surface area contributed by atoms with Crippen LogP contribution in [0.4, 0.5) is 0 Å². The Kier molecular flexibility index (Phi) is 2.82. The first kappa shape index (κ1) is 8.46. The molecule has 0 N–H and O–H groups in total. The van der Waals surface area contributed by atoms with Crippen LogP contribution < -0.4 is 0 Å². The fraction of sp³-hybridized carbons (Fsp3) is 0. The first-order valence-electron chi connectivity index (χ1n) is 2.82. The van der Waals surface area contributed by atoms with Crippen LogP contribution in [-0.4, -0.2) is 14.6 Å². The van der Waals surface area contributed by atoms with Crippen LogP contribution in [0.1, 0.15) is 0 Å². The molecule has 0 fully saturated rings. The summed E-state index contributed by atoms with van der Waals surface area (Å²) in [6.07, 6.45) is 1.74. The van der Waals surface area contributed by atoms with E-state index in [1.54, 1.807) is 6.20 Å². The second-order valence-corrected chi connectivity index (χ2v) is 2.42. The van der Waals surface area contributed by atoms with Crippen LogP contribution in [0, 0.1) is 0 Å². The molecule has 2 heterocycles. The number of aromatic nitrogens is 3. The molecule has 0 aliphatic rings. The van der Waals surface area contributed by atoms with E-state index in [4.69, 9.17) is 0 Å². The summed E-state index contributed by atoms with van der Waals surface area (Å²) in [5.41, 5.74) is 1.75. The van der Waals surface area contributed by atoms with Gasteiger partial charge in [-0.3, -0.25) is 0 Å². The SMILES string of the molecule is [Cu+].c1cn[c-](-c2csnn2)c1. The van der Waals surface area contributed by atoms with E-state index < -0.39 is 0 Å². The minimum absolute atomic E-state index is 0. The van der Waals surface area contributed by atoms with Crippen molar-refractivity contribution in [1.29, 1.82) is 0 Å². The smallest absolute Gasteiger partial charge is 0.360 e. The summed E-state index contributed by atoms with van der Waals surface area (Å²) in [6, 6.07) is 3.80. The van der Waals surface area contributed by atoms with Gasteiger partial charge in [0.2, 0.25) is 0 Å². The summed E-state index contributed by atoms with van der Waals surface area (Å²) in [4.78, 5) is 4.06. The van der Waals surface area contributed by atoms with Crippen LogP contribution in [0.15, 0.2) is 23.7 Å². The van der Waals surface area contributed by atoms with Gasteiger partial charge < -0.3 is 4.98 Å². The van der Waals surface area contributed by atoms with E-state index in [9.17, 15) is 0 Å². The third-order valence-corrected chi connectivity index (χ3v) is 1.68. The third-order valence-electron chi connectivity index (χ3n) is 1.18. The summed E-state index contributed by atoms with van der Waals surface area (Å²) in [7, 11) is 0. The molecule has 0 radical (unpaired) electrons. The Morgan fingerprint density at radius 2 is 2.36 bits per heavy atom. The molecular formula is C6H4CuN3S. The molecule has 0 amide bonds. The fourth-order valence-corrected chi connectivity index (χ4v) is 1.18. The van der Waals surface area contributed by atoms with Gasteiger partial charge in [0.15, 0.2) is 0 Å². The second kappa shape index (κ2) is 3.66. The van der Waals surface area contributed by atoms with Gasteiger partial charge >= 0.3 is 17.1 Å². The van der Waals surface area contributed by atoms with Crippen LogP contribution in [0.2, 0.25) is 0 Å². The van der Waals surface area contributed by atoms with Crippen molar-refractivity contribution >= 4 is 11.5 Å². The van der Waals surface area contributed by atoms with Crippen LogP contribution in [0.25, 0.3) is 11.4 Å². The monoisotopic (exact) mass is 213 g/mol. The molecular weight excluding hydrogens is 210 g/mol. The third kappa shape index (κ3) is 1.68. The molecule has 0 aromatic carbocycles. The average Bonchev–Trinajstić information content (AvgIpc) is 2.59. The van der Waals surface area contributed by atoms with E-state index in [0.717, 1.165) is 11.4 Å². The van der Waals surface area contributed by atoms with Gasteiger partial charge in [0.1, 0.15) is 0 Å². The number of hydrogen-bond donors (Lipinski definition) is 0. The molecule has 0 bridgehead atoms. The molecule has 0 aliphatic heterocycles. The molecule has 2 rings (SSSR count). The summed E-state index contributed by atoms with van der Waals surface area (Å²) in [5, 5.41) is 5.74. The van der Waals surface area contributed by atoms with Crippen molar-refractivity contribution in [2.24, 2.45) is 0 Å². The Hall–Kier alpha value is -0.641. The summed E-state index contributed by atoms with van der Waals surface area (Å²) < 4.78 is 3.73. The van der Waals surface area contributed by atoms with Crippen LogP contribution in [-0.2, 0) is 17.1 Å². The van der Waals surface area contributed by atoms with E-state index in [-0.39, 0.29) is 17.1 Å². The van der Waals surface area contributed by atoms with E-state index in [1.165, 1.54) is 11.5 Å². The summed E-state index contributed by atoms with van der Waals surface area (Å²) in [6.45, 7) is 0. The normalized spacial score (nSPS) is 9.09. The summed E-state index contributed by atoms with van der Waals surface area (Å²) >= 11 is 1.34. The first-order valence-corrected chi connectivity index (χ1v) is 3.65. The Morgan fingerprint density at radius 3 is 2.91 bits per heavy atom. The van der Waals surface area contributed by atoms with Crippen molar-refractivity contribution in [3.8, 4) is 11.4 Å². The zero-order valence-corrected chi connectivity index (χ0v) is 7.12. The molecule has 0 aliphatic carbocycles. The quantitative estimate of drug-likeness (QED) is 0.530. The molecule has 0 saturated heterocycles. The van der Waals surface area contributed by atoms with Crippen molar-refractivity contribution in [3.05, 3.63) is 23.7 Å². The van der Waals surface area contributed by atoms with Crippen molar-refractivity contribution in [1.82, 2.24) is 14.6 Å². The van der Waals surface area contributed by atoms with Crippen molar-refractivity contribution in [2.75, 3.05) is 0 Å². The Balaban J connectivity index is 0.000000605. The molecule has 2 aromatic heterocycles. The molecule has 5 heteroatoms. The maximum atomic E-state index is 4.06. The second-order valence-electron chi connectivity index (χ2n) is 1.81. The van der Waals surface area contributed by atoms with Crippen LogP contribution >= 0.6 is 11.5 Å². The zero-order valence-electron chi connectivity index (χ0n) is 5.36. The minimum Gasteiger partial charge on any atom is -0.360 e. The number of hydrogen-bond acceptors (Lipinski definition) is 4. The van der Waals surface area contributed by atoms with Gasteiger partial charge in [-0.25, -0.2) is 0 Å². The van der Waals surface area contributed by atoms with Crippen LogP contribution in [0.5, 0.6) is 0 Å². The van der Waals surface area contributed by atoms with E-state index in [2.05, 4.69) is 14.6 Å².